The quantitative estimate of drug-likeness (QED) is 0.739. The van der Waals surface area contributed by atoms with Crippen LogP contribution in [-0.2, 0) is 6.42 Å². The van der Waals surface area contributed by atoms with Crippen LogP contribution in [0.5, 0.6) is 0 Å². The lowest BCUT2D eigenvalue weighted by molar-refractivity contribution is 0.164. The normalized spacial score (nSPS) is 32.0. The van der Waals surface area contributed by atoms with Crippen LogP contribution in [0.3, 0.4) is 0 Å². The molecule has 0 aliphatic carbocycles. The van der Waals surface area contributed by atoms with Gasteiger partial charge in [0.1, 0.15) is 0 Å². The maximum absolute atomic E-state index is 9.58. The van der Waals surface area contributed by atoms with E-state index in [1.807, 2.05) is 13.0 Å². The highest BCUT2D eigenvalue weighted by atomic mass is 16.3. The fourth-order valence-corrected chi connectivity index (χ4v) is 2.09. The minimum absolute atomic E-state index is 0.177. The van der Waals surface area contributed by atoms with Gasteiger partial charge in [-0.15, -0.1) is 0 Å². The highest BCUT2D eigenvalue weighted by Crippen LogP contribution is 2.16. The van der Waals surface area contributed by atoms with Crippen LogP contribution in [-0.4, -0.2) is 23.3 Å². The van der Waals surface area contributed by atoms with E-state index in [1.165, 1.54) is 5.56 Å². The maximum Gasteiger partial charge on any atom is 0.0705 e. The van der Waals surface area contributed by atoms with Crippen molar-refractivity contribution in [2.75, 3.05) is 0 Å². The molecule has 0 amide bonds. The van der Waals surface area contributed by atoms with Crippen molar-refractivity contribution < 1.29 is 5.11 Å². The molecular formula is C12H17NO. The molecule has 2 N–H and O–H groups in total. The van der Waals surface area contributed by atoms with Crippen molar-refractivity contribution in [3.05, 3.63) is 35.9 Å². The summed E-state index contributed by atoms with van der Waals surface area (Å²) < 4.78 is 0. The number of nitrogens with one attached hydrogen (secondary N) is 1. The molecule has 1 aliphatic heterocycles. The van der Waals surface area contributed by atoms with Crippen LogP contribution in [0.4, 0.5) is 0 Å². The highest BCUT2D eigenvalue weighted by Gasteiger charge is 2.28. The molecule has 3 unspecified atom stereocenters. The Morgan fingerprint density at radius 2 is 2.07 bits per heavy atom. The summed E-state index contributed by atoms with van der Waals surface area (Å²) in [6.45, 7) is 2.04. The molecule has 1 fully saturated rings. The van der Waals surface area contributed by atoms with Gasteiger partial charge in [0, 0.05) is 12.1 Å². The Kier molecular flexibility index (Phi) is 2.85. The second-order valence-electron chi connectivity index (χ2n) is 4.15. The van der Waals surface area contributed by atoms with Gasteiger partial charge in [-0.05, 0) is 25.3 Å². The Balaban J connectivity index is 1.94. The van der Waals surface area contributed by atoms with E-state index < -0.39 is 0 Å². The molecule has 1 aliphatic rings. The average Bonchev–Trinajstić information content (AvgIpc) is 2.47. The lowest BCUT2D eigenvalue weighted by atomic mass is 10.0. The molecule has 0 aromatic heterocycles. The number of rotatable bonds is 2. The van der Waals surface area contributed by atoms with Crippen LogP contribution in [0.25, 0.3) is 0 Å². The fraction of sp³-hybridized carbons (Fsp3) is 0.500. The van der Waals surface area contributed by atoms with E-state index in [9.17, 15) is 5.11 Å². The number of benzene rings is 1. The summed E-state index contributed by atoms with van der Waals surface area (Å²) in [7, 11) is 0. The standard InChI is InChI=1S/C12H17NO/c1-9-12(14)8-11(13-9)7-10-5-3-2-4-6-10/h2-6,9,11-14H,7-8H2,1H3. The summed E-state index contributed by atoms with van der Waals surface area (Å²) in [5, 5.41) is 13.0. The van der Waals surface area contributed by atoms with Crippen molar-refractivity contribution in [3.63, 3.8) is 0 Å². The SMILES string of the molecule is CC1NC(Cc2ccccc2)CC1O. The number of hydrogen-bond donors (Lipinski definition) is 2. The summed E-state index contributed by atoms with van der Waals surface area (Å²) >= 11 is 0. The topological polar surface area (TPSA) is 32.3 Å². The predicted octanol–water partition coefficient (Wildman–Crippen LogP) is 1.34. The van der Waals surface area contributed by atoms with Gasteiger partial charge >= 0.3 is 0 Å². The van der Waals surface area contributed by atoms with E-state index in [1.54, 1.807) is 0 Å². The number of aliphatic hydroxyl groups excluding tert-OH is 1. The summed E-state index contributed by atoms with van der Waals surface area (Å²) in [4.78, 5) is 0. The third-order valence-corrected chi connectivity index (χ3v) is 2.93. The van der Waals surface area contributed by atoms with Crippen molar-refractivity contribution >= 4 is 0 Å². The van der Waals surface area contributed by atoms with Crippen LogP contribution >= 0.6 is 0 Å². The van der Waals surface area contributed by atoms with E-state index in [0.717, 1.165) is 12.8 Å². The van der Waals surface area contributed by atoms with Crippen LogP contribution < -0.4 is 5.32 Å². The Morgan fingerprint density at radius 3 is 2.64 bits per heavy atom. The van der Waals surface area contributed by atoms with Gasteiger partial charge in [0.2, 0.25) is 0 Å². The van der Waals surface area contributed by atoms with Crippen molar-refractivity contribution in [1.29, 1.82) is 0 Å². The molecule has 0 saturated carbocycles. The monoisotopic (exact) mass is 191 g/mol. The van der Waals surface area contributed by atoms with Gasteiger partial charge in [-0.2, -0.15) is 0 Å². The molecule has 1 aromatic rings. The van der Waals surface area contributed by atoms with E-state index in [-0.39, 0.29) is 12.1 Å². The predicted molar refractivity (Wildman–Crippen MR) is 57.2 cm³/mol. The highest BCUT2D eigenvalue weighted by molar-refractivity contribution is 5.16. The zero-order valence-corrected chi connectivity index (χ0v) is 8.48. The summed E-state index contributed by atoms with van der Waals surface area (Å²) in [5.74, 6) is 0. The van der Waals surface area contributed by atoms with Gasteiger partial charge in [-0.25, -0.2) is 0 Å². The third kappa shape index (κ3) is 2.14. The van der Waals surface area contributed by atoms with Gasteiger partial charge in [0.15, 0.2) is 0 Å². The van der Waals surface area contributed by atoms with Gasteiger partial charge in [-0.3, -0.25) is 0 Å². The lowest BCUT2D eigenvalue weighted by Gasteiger charge is -2.10. The smallest absolute Gasteiger partial charge is 0.0705 e. The molecule has 1 saturated heterocycles. The first-order chi connectivity index (χ1) is 6.75. The van der Waals surface area contributed by atoms with Gasteiger partial charge < -0.3 is 10.4 Å². The van der Waals surface area contributed by atoms with Crippen molar-refractivity contribution in [3.8, 4) is 0 Å². The summed E-state index contributed by atoms with van der Waals surface area (Å²) in [6, 6.07) is 11.1. The number of hydrogen-bond acceptors (Lipinski definition) is 2. The molecular weight excluding hydrogens is 174 g/mol. The van der Waals surface area contributed by atoms with Gasteiger partial charge in [0.25, 0.3) is 0 Å². The van der Waals surface area contributed by atoms with Crippen molar-refractivity contribution in [2.45, 2.75) is 38.0 Å². The van der Waals surface area contributed by atoms with Crippen molar-refractivity contribution in [1.82, 2.24) is 5.32 Å². The lowest BCUT2D eigenvalue weighted by Crippen LogP contribution is -2.31. The first-order valence-electron chi connectivity index (χ1n) is 5.24. The number of aliphatic hydroxyl groups is 1. The Labute approximate surface area is 85.0 Å². The maximum atomic E-state index is 9.58. The van der Waals surface area contributed by atoms with Gasteiger partial charge in [0.05, 0.1) is 6.10 Å². The second kappa shape index (κ2) is 4.11. The molecule has 0 radical (unpaired) electrons. The zero-order valence-electron chi connectivity index (χ0n) is 8.48. The molecule has 2 rings (SSSR count). The molecule has 3 atom stereocenters. The average molecular weight is 191 g/mol. The molecule has 2 heteroatoms. The van der Waals surface area contributed by atoms with E-state index in [0.29, 0.717) is 6.04 Å². The zero-order chi connectivity index (χ0) is 9.97. The Hall–Kier alpha value is -0.860. The minimum Gasteiger partial charge on any atom is -0.391 e. The molecule has 2 nitrogen and oxygen atoms in total. The largest absolute Gasteiger partial charge is 0.391 e. The van der Waals surface area contributed by atoms with Crippen molar-refractivity contribution in [2.24, 2.45) is 0 Å². The molecule has 0 bridgehead atoms. The van der Waals surface area contributed by atoms with E-state index in [4.69, 9.17) is 0 Å². The van der Waals surface area contributed by atoms with E-state index >= 15 is 0 Å². The van der Waals surface area contributed by atoms with Crippen LogP contribution in [0.15, 0.2) is 30.3 Å². The summed E-state index contributed by atoms with van der Waals surface area (Å²) in [6.07, 6.45) is 1.71. The minimum atomic E-state index is -0.177. The Morgan fingerprint density at radius 1 is 1.36 bits per heavy atom. The molecule has 0 spiro atoms. The molecule has 14 heavy (non-hydrogen) atoms. The second-order valence-corrected chi connectivity index (χ2v) is 4.15. The molecule has 1 heterocycles. The van der Waals surface area contributed by atoms with Crippen LogP contribution in [0.1, 0.15) is 18.9 Å². The molecule has 76 valence electrons. The van der Waals surface area contributed by atoms with Crippen LogP contribution in [0.2, 0.25) is 0 Å². The first kappa shape index (κ1) is 9.69. The third-order valence-electron chi connectivity index (χ3n) is 2.93. The molecule has 1 aromatic carbocycles. The first-order valence-corrected chi connectivity index (χ1v) is 5.24. The van der Waals surface area contributed by atoms with Gasteiger partial charge in [-0.1, -0.05) is 30.3 Å². The van der Waals surface area contributed by atoms with E-state index in [2.05, 4.69) is 29.6 Å². The Bertz CT molecular complexity index is 276. The summed E-state index contributed by atoms with van der Waals surface area (Å²) in [5.41, 5.74) is 1.34. The fourth-order valence-electron chi connectivity index (χ4n) is 2.09. The van der Waals surface area contributed by atoms with Crippen LogP contribution in [0, 0.1) is 0 Å².